The van der Waals surface area contributed by atoms with Crippen LogP contribution in [0.5, 0.6) is 5.75 Å². The molecule has 1 nitrogen and oxygen atoms in total. The molecule has 0 aliphatic carbocycles. The monoisotopic (exact) mass is 298 g/mol. The topological polar surface area (TPSA) is 9.23 Å². The molecule has 0 aromatic heterocycles. The molecule has 1 aromatic carbocycles. The van der Waals surface area contributed by atoms with Gasteiger partial charge in [-0.05, 0) is 54.9 Å². The van der Waals surface area contributed by atoms with Crippen LogP contribution in [0.15, 0.2) is 12.1 Å². The fourth-order valence-electron chi connectivity index (χ4n) is 2.15. The third kappa shape index (κ3) is 3.74. The Morgan fingerprint density at radius 3 is 2.24 bits per heavy atom. The van der Waals surface area contributed by atoms with Crippen molar-refractivity contribution in [3.05, 3.63) is 28.8 Å². The Morgan fingerprint density at radius 1 is 1.18 bits per heavy atom. The predicted molar refractivity (Wildman–Crippen MR) is 78.5 cm³/mol. The first kappa shape index (κ1) is 14.6. The summed E-state index contributed by atoms with van der Waals surface area (Å²) in [6, 6.07) is 4.43. The van der Waals surface area contributed by atoms with Crippen LogP contribution in [-0.2, 0) is 0 Å². The Kier molecular flexibility index (Phi) is 5.51. The molecule has 0 saturated carbocycles. The lowest BCUT2D eigenvalue weighted by atomic mass is 9.89. The molecule has 0 aliphatic rings. The van der Waals surface area contributed by atoms with Gasteiger partial charge in [0.2, 0.25) is 0 Å². The summed E-state index contributed by atoms with van der Waals surface area (Å²) < 4.78 is 5.52. The highest BCUT2D eigenvalue weighted by molar-refractivity contribution is 9.09. The van der Waals surface area contributed by atoms with E-state index in [2.05, 4.69) is 55.8 Å². The van der Waals surface area contributed by atoms with Crippen molar-refractivity contribution in [1.82, 2.24) is 0 Å². The van der Waals surface area contributed by atoms with E-state index in [1.54, 1.807) is 7.11 Å². The van der Waals surface area contributed by atoms with Gasteiger partial charge in [-0.2, -0.15) is 0 Å². The van der Waals surface area contributed by atoms with E-state index in [1.165, 1.54) is 23.1 Å². The SMILES string of the molecule is COc1cc(C)c(C)cc1C(CBr)CC(C)C. The first-order chi connectivity index (χ1) is 7.99. The van der Waals surface area contributed by atoms with Crippen LogP contribution in [-0.4, -0.2) is 12.4 Å². The van der Waals surface area contributed by atoms with Crippen LogP contribution in [0.3, 0.4) is 0 Å². The summed E-state index contributed by atoms with van der Waals surface area (Å²) in [5.74, 6) is 2.26. The summed E-state index contributed by atoms with van der Waals surface area (Å²) in [7, 11) is 1.76. The van der Waals surface area contributed by atoms with Crippen molar-refractivity contribution in [2.75, 3.05) is 12.4 Å². The first-order valence-electron chi connectivity index (χ1n) is 6.20. The summed E-state index contributed by atoms with van der Waals surface area (Å²) in [6.07, 6.45) is 1.18. The maximum absolute atomic E-state index is 5.52. The van der Waals surface area contributed by atoms with Crippen molar-refractivity contribution in [3.63, 3.8) is 0 Å². The van der Waals surface area contributed by atoms with Gasteiger partial charge in [0.1, 0.15) is 5.75 Å². The van der Waals surface area contributed by atoms with Crippen molar-refractivity contribution in [3.8, 4) is 5.75 Å². The van der Waals surface area contributed by atoms with Gasteiger partial charge in [-0.3, -0.25) is 0 Å². The Bertz CT molecular complexity index is 371. The Hall–Kier alpha value is -0.500. The number of ether oxygens (including phenoxy) is 1. The van der Waals surface area contributed by atoms with Gasteiger partial charge in [-0.1, -0.05) is 35.8 Å². The molecule has 2 heteroatoms. The molecular formula is C15H23BrO. The van der Waals surface area contributed by atoms with E-state index in [-0.39, 0.29) is 0 Å². The highest BCUT2D eigenvalue weighted by Gasteiger charge is 2.17. The summed E-state index contributed by atoms with van der Waals surface area (Å²) in [5.41, 5.74) is 3.97. The maximum Gasteiger partial charge on any atom is 0.122 e. The van der Waals surface area contributed by atoms with Gasteiger partial charge in [-0.25, -0.2) is 0 Å². The molecule has 17 heavy (non-hydrogen) atoms. The van der Waals surface area contributed by atoms with Crippen LogP contribution < -0.4 is 4.74 Å². The van der Waals surface area contributed by atoms with Crippen LogP contribution in [0.4, 0.5) is 0 Å². The number of aryl methyl sites for hydroxylation is 2. The molecule has 0 bridgehead atoms. The third-order valence-corrected chi connectivity index (χ3v) is 4.01. The fourth-order valence-corrected chi connectivity index (χ4v) is 2.76. The van der Waals surface area contributed by atoms with Crippen molar-refractivity contribution >= 4 is 15.9 Å². The molecule has 0 heterocycles. The largest absolute Gasteiger partial charge is 0.496 e. The Balaban J connectivity index is 3.12. The minimum atomic E-state index is 0.532. The standard InChI is InChI=1S/C15H23BrO/c1-10(2)6-13(9-16)14-7-11(3)12(4)8-15(14)17-5/h7-8,10,13H,6,9H2,1-5H3. The normalized spacial score (nSPS) is 12.9. The minimum Gasteiger partial charge on any atom is -0.496 e. The van der Waals surface area contributed by atoms with E-state index < -0.39 is 0 Å². The van der Waals surface area contributed by atoms with Gasteiger partial charge in [0.15, 0.2) is 0 Å². The number of hydrogen-bond acceptors (Lipinski definition) is 1. The van der Waals surface area contributed by atoms with Crippen molar-refractivity contribution in [2.24, 2.45) is 5.92 Å². The number of methoxy groups -OCH3 is 1. The Labute approximate surface area is 114 Å². The van der Waals surface area contributed by atoms with Gasteiger partial charge in [-0.15, -0.1) is 0 Å². The van der Waals surface area contributed by atoms with Crippen LogP contribution >= 0.6 is 15.9 Å². The second-order valence-electron chi connectivity index (χ2n) is 5.16. The van der Waals surface area contributed by atoms with Gasteiger partial charge in [0.25, 0.3) is 0 Å². The zero-order valence-electron chi connectivity index (χ0n) is 11.5. The Morgan fingerprint density at radius 2 is 1.76 bits per heavy atom. The number of alkyl halides is 1. The van der Waals surface area contributed by atoms with E-state index >= 15 is 0 Å². The lowest BCUT2D eigenvalue weighted by Gasteiger charge is -2.21. The minimum absolute atomic E-state index is 0.532. The van der Waals surface area contributed by atoms with Gasteiger partial charge in [0.05, 0.1) is 7.11 Å². The van der Waals surface area contributed by atoms with Crippen molar-refractivity contribution < 1.29 is 4.74 Å². The molecule has 0 radical (unpaired) electrons. The molecular weight excluding hydrogens is 276 g/mol. The quantitative estimate of drug-likeness (QED) is 0.707. The highest BCUT2D eigenvalue weighted by atomic mass is 79.9. The maximum atomic E-state index is 5.52. The molecule has 1 aromatic rings. The molecule has 0 aliphatic heterocycles. The van der Waals surface area contributed by atoms with Crippen LogP contribution in [0.25, 0.3) is 0 Å². The molecule has 0 amide bonds. The lowest BCUT2D eigenvalue weighted by molar-refractivity contribution is 0.401. The van der Waals surface area contributed by atoms with Crippen molar-refractivity contribution in [2.45, 2.75) is 40.0 Å². The lowest BCUT2D eigenvalue weighted by Crippen LogP contribution is -2.07. The van der Waals surface area contributed by atoms with Gasteiger partial charge >= 0.3 is 0 Å². The van der Waals surface area contributed by atoms with E-state index in [9.17, 15) is 0 Å². The second kappa shape index (κ2) is 6.44. The zero-order valence-corrected chi connectivity index (χ0v) is 13.1. The second-order valence-corrected chi connectivity index (χ2v) is 5.81. The summed E-state index contributed by atoms with van der Waals surface area (Å²) in [4.78, 5) is 0. The third-order valence-electron chi connectivity index (χ3n) is 3.23. The number of rotatable bonds is 5. The van der Waals surface area contributed by atoms with Crippen LogP contribution in [0, 0.1) is 19.8 Å². The first-order valence-corrected chi connectivity index (χ1v) is 7.32. The summed E-state index contributed by atoms with van der Waals surface area (Å²) in [6.45, 7) is 8.83. The molecule has 0 spiro atoms. The number of hydrogen-bond donors (Lipinski definition) is 0. The molecule has 96 valence electrons. The van der Waals surface area contributed by atoms with Crippen LogP contribution in [0.2, 0.25) is 0 Å². The highest BCUT2D eigenvalue weighted by Crippen LogP contribution is 2.34. The molecule has 1 rings (SSSR count). The summed E-state index contributed by atoms with van der Waals surface area (Å²) in [5, 5.41) is 0.990. The van der Waals surface area contributed by atoms with Crippen molar-refractivity contribution in [1.29, 1.82) is 0 Å². The zero-order chi connectivity index (χ0) is 13.0. The average molecular weight is 299 g/mol. The van der Waals surface area contributed by atoms with E-state index in [4.69, 9.17) is 4.74 Å². The van der Waals surface area contributed by atoms with Gasteiger partial charge < -0.3 is 4.74 Å². The van der Waals surface area contributed by atoms with Gasteiger partial charge in [0, 0.05) is 5.33 Å². The molecule has 0 N–H and O–H groups in total. The smallest absolute Gasteiger partial charge is 0.122 e. The number of benzene rings is 1. The average Bonchev–Trinajstić information content (AvgIpc) is 2.28. The fraction of sp³-hybridized carbons (Fsp3) is 0.600. The summed E-state index contributed by atoms with van der Waals surface area (Å²) >= 11 is 3.63. The van der Waals surface area contributed by atoms with Crippen LogP contribution in [0.1, 0.15) is 42.9 Å². The van der Waals surface area contributed by atoms with E-state index in [0.29, 0.717) is 11.8 Å². The molecule has 0 fully saturated rings. The predicted octanol–water partition coefficient (Wildman–Crippen LogP) is 4.84. The molecule has 1 unspecified atom stereocenters. The molecule has 1 atom stereocenters. The van der Waals surface area contributed by atoms with E-state index in [0.717, 1.165) is 11.1 Å². The number of halogens is 1. The molecule has 0 saturated heterocycles. The van der Waals surface area contributed by atoms with E-state index in [1.807, 2.05) is 0 Å².